The van der Waals surface area contributed by atoms with E-state index in [-0.39, 0.29) is 48.2 Å². The summed E-state index contributed by atoms with van der Waals surface area (Å²) in [5, 5.41) is 12.8. The molecule has 1 aromatic heterocycles. The van der Waals surface area contributed by atoms with Gasteiger partial charge in [0.1, 0.15) is 29.2 Å². The second-order valence-corrected chi connectivity index (χ2v) is 14.8. The van der Waals surface area contributed by atoms with E-state index in [0.717, 1.165) is 17.4 Å². The lowest BCUT2D eigenvalue weighted by molar-refractivity contribution is -0.265. The van der Waals surface area contributed by atoms with Crippen LogP contribution in [0.1, 0.15) is 54.9 Å². The van der Waals surface area contributed by atoms with Crippen LogP contribution in [0, 0.1) is 0 Å². The molecule has 0 spiro atoms. The van der Waals surface area contributed by atoms with Gasteiger partial charge in [0.2, 0.25) is 5.60 Å². The number of pyridine rings is 1. The van der Waals surface area contributed by atoms with Gasteiger partial charge in [0.25, 0.3) is 5.91 Å². The molecule has 1 aliphatic rings. The Hall–Kier alpha value is -3.47. The van der Waals surface area contributed by atoms with Crippen LogP contribution in [-0.4, -0.2) is 72.1 Å². The molecule has 2 aromatic carbocycles. The molecule has 3 unspecified atom stereocenters. The highest BCUT2D eigenvalue weighted by Crippen LogP contribution is 2.46. The van der Waals surface area contributed by atoms with Crippen molar-refractivity contribution in [1.82, 2.24) is 15.0 Å². The predicted molar refractivity (Wildman–Crippen MR) is 177 cm³/mol. The highest BCUT2D eigenvalue weighted by atomic mass is 35.5. The molecule has 0 radical (unpaired) electrons. The Morgan fingerprint density at radius 2 is 1.78 bits per heavy atom. The van der Waals surface area contributed by atoms with E-state index in [2.05, 4.69) is 15.0 Å². The quantitative estimate of drug-likeness (QED) is 0.115. The van der Waals surface area contributed by atoms with Gasteiger partial charge in [-0.1, -0.05) is 23.7 Å². The highest BCUT2D eigenvalue weighted by Gasteiger charge is 2.57. The molecule has 0 fully saturated rings. The molecule has 0 saturated carbocycles. The highest BCUT2D eigenvalue weighted by molar-refractivity contribution is 7.90. The van der Waals surface area contributed by atoms with Crippen LogP contribution >= 0.6 is 11.6 Å². The van der Waals surface area contributed by atoms with Gasteiger partial charge in [0.05, 0.1) is 39.7 Å². The maximum absolute atomic E-state index is 14.5. The Morgan fingerprint density at radius 3 is 2.39 bits per heavy atom. The number of benzene rings is 2. The second kappa shape index (κ2) is 15.2. The average molecular weight is 730 g/mol. The molecule has 3 aromatic rings. The van der Waals surface area contributed by atoms with Gasteiger partial charge in [-0.25, -0.2) is 4.98 Å². The standard InChI is InChI=1S/C33H39ClF3N3O8S/c1-30(2,3)49(43)40-31(4)19-48-27-23(31)16-26(39-28(27)34)32(42,33(35,36)37)18-38-29(41)21-9-12-24(25(15-21)45-6)47-14-13-46-17-20-7-10-22(44-5)11-8-20/h7-12,15-16,40,42H,13-14,17-19H2,1-6H3,(H,38,41). The number of rotatable bonds is 14. The third kappa shape index (κ3) is 8.83. The number of methoxy groups -OCH3 is 2. The number of carbonyl (C=O) groups is 1. The normalized spacial score (nSPS) is 17.8. The third-order valence-electron chi connectivity index (χ3n) is 7.64. The first kappa shape index (κ1) is 38.3. The molecule has 1 aliphatic heterocycles. The van der Waals surface area contributed by atoms with E-state index >= 15 is 0 Å². The van der Waals surface area contributed by atoms with Crippen LogP contribution in [0.2, 0.25) is 5.15 Å². The molecule has 3 atom stereocenters. The van der Waals surface area contributed by atoms with E-state index < -0.39 is 56.7 Å². The smallest absolute Gasteiger partial charge is 0.424 e. The summed E-state index contributed by atoms with van der Waals surface area (Å²) in [6.07, 6.45) is -5.30. The molecular formula is C33H39ClF3N3O8S. The van der Waals surface area contributed by atoms with Crippen molar-refractivity contribution in [3.63, 3.8) is 0 Å². The Kier molecular flexibility index (Phi) is 11.9. The van der Waals surface area contributed by atoms with Crippen LogP contribution in [-0.2, 0) is 33.8 Å². The van der Waals surface area contributed by atoms with Crippen LogP contribution in [0.5, 0.6) is 23.0 Å². The first-order chi connectivity index (χ1) is 22.9. The number of aromatic nitrogens is 1. The maximum atomic E-state index is 14.5. The molecule has 0 bridgehead atoms. The summed E-state index contributed by atoms with van der Waals surface area (Å²) in [6, 6.07) is 12.5. The van der Waals surface area contributed by atoms with Crippen LogP contribution < -0.4 is 29.0 Å². The van der Waals surface area contributed by atoms with Crippen LogP contribution in [0.3, 0.4) is 0 Å². The number of aliphatic hydroxyl groups is 1. The minimum absolute atomic E-state index is 0.00177. The van der Waals surface area contributed by atoms with Gasteiger partial charge in [0.15, 0.2) is 22.4 Å². The average Bonchev–Trinajstić information content (AvgIpc) is 3.38. The number of hydrogen-bond donors (Lipinski definition) is 3. The molecule has 1 amide bonds. The molecule has 49 heavy (non-hydrogen) atoms. The maximum Gasteiger partial charge on any atom is 0.424 e. The number of halogens is 4. The van der Waals surface area contributed by atoms with E-state index in [9.17, 15) is 27.6 Å². The molecular weight excluding hydrogens is 691 g/mol. The molecule has 2 heterocycles. The number of amides is 1. The number of carbonyl (C=O) groups excluding carboxylic acids is 1. The van der Waals surface area contributed by atoms with Crippen molar-refractivity contribution >= 4 is 28.9 Å². The van der Waals surface area contributed by atoms with E-state index in [1.165, 1.54) is 25.3 Å². The second-order valence-electron chi connectivity index (χ2n) is 12.4. The van der Waals surface area contributed by atoms with E-state index in [1.807, 2.05) is 24.3 Å². The monoisotopic (exact) mass is 729 g/mol. The van der Waals surface area contributed by atoms with Gasteiger partial charge in [-0.2, -0.15) is 13.2 Å². The predicted octanol–water partition coefficient (Wildman–Crippen LogP) is 5.19. The molecule has 11 nitrogen and oxygen atoms in total. The Labute approximate surface area is 290 Å². The summed E-state index contributed by atoms with van der Waals surface area (Å²) in [7, 11) is 2.93. The minimum Gasteiger partial charge on any atom is -0.598 e. The molecule has 268 valence electrons. The summed E-state index contributed by atoms with van der Waals surface area (Å²) >= 11 is 4.60. The summed E-state index contributed by atoms with van der Waals surface area (Å²) in [5.74, 6) is 0.232. The summed E-state index contributed by atoms with van der Waals surface area (Å²) < 4.78 is 86.1. The fourth-order valence-electron chi connectivity index (χ4n) is 4.69. The minimum atomic E-state index is -5.30. The van der Waals surface area contributed by atoms with Crippen molar-refractivity contribution in [2.45, 2.75) is 56.4 Å². The number of ether oxygens (including phenoxy) is 5. The molecule has 16 heteroatoms. The SMILES string of the molecule is COc1ccc(COCCOc2ccc(C(=O)NCC(O)(c3cc4c(c(Cl)n3)OCC4(C)N[S+]([O-])C(C)(C)C)C(F)(F)F)cc2OC)cc1. The van der Waals surface area contributed by atoms with Gasteiger partial charge < -0.3 is 38.7 Å². The zero-order chi connectivity index (χ0) is 36.2. The van der Waals surface area contributed by atoms with Crippen molar-refractivity contribution in [3.05, 3.63) is 76.1 Å². The van der Waals surface area contributed by atoms with Gasteiger partial charge in [0, 0.05) is 22.5 Å². The molecule has 0 saturated heterocycles. The summed E-state index contributed by atoms with van der Waals surface area (Å²) in [6.45, 7) is 6.11. The lowest BCUT2D eigenvalue weighted by atomic mass is 9.91. The van der Waals surface area contributed by atoms with Crippen molar-refractivity contribution < 1.29 is 51.3 Å². The van der Waals surface area contributed by atoms with Crippen molar-refractivity contribution in [3.8, 4) is 23.0 Å². The molecule has 4 rings (SSSR count). The Balaban J connectivity index is 1.45. The largest absolute Gasteiger partial charge is 0.598 e. The zero-order valence-corrected chi connectivity index (χ0v) is 29.4. The van der Waals surface area contributed by atoms with Crippen molar-refractivity contribution in [2.24, 2.45) is 0 Å². The lowest BCUT2D eigenvalue weighted by Gasteiger charge is -2.33. The van der Waals surface area contributed by atoms with Gasteiger partial charge >= 0.3 is 6.18 Å². The fraction of sp³-hybridized carbons (Fsp3) is 0.455. The first-order valence-corrected chi connectivity index (χ1v) is 16.6. The van der Waals surface area contributed by atoms with Crippen LogP contribution in [0.15, 0.2) is 48.5 Å². The van der Waals surface area contributed by atoms with Crippen LogP contribution in [0.25, 0.3) is 0 Å². The topological polar surface area (TPSA) is 143 Å². The van der Waals surface area contributed by atoms with Crippen LogP contribution in [0.4, 0.5) is 13.2 Å². The van der Waals surface area contributed by atoms with E-state index in [4.69, 9.17) is 35.3 Å². The number of nitrogens with zero attached hydrogens (tertiary/aromatic N) is 1. The summed E-state index contributed by atoms with van der Waals surface area (Å²) in [4.78, 5) is 16.8. The van der Waals surface area contributed by atoms with E-state index in [0.29, 0.717) is 6.61 Å². The summed E-state index contributed by atoms with van der Waals surface area (Å²) in [5.41, 5.74) is -4.75. The molecule has 3 N–H and O–H groups in total. The Bertz CT molecular complexity index is 1630. The van der Waals surface area contributed by atoms with E-state index in [1.54, 1.807) is 34.8 Å². The van der Waals surface area contributed by atoms with Crippen molar-refractivity contribution in [2.75, 3.05) is 40.6 Å². The number of alkyl halides is 3. The lowest BCUT2D eigenvalue weighted by Crippen LogP contribution is -2.52. The zero-order valence-electron chi connectivity index (χ0n) is 27.8. The van der Waals surface area contributed by atoms with Gasteiger partial charge in [-0.05, 0) is 69.7 Å². The number of fused-ring (bicyclic) bond motifs is 1. The van der Waals surface area contributed by atoms with Gasteiger partial charge in [-0.3, -0.25) is 4.79 Å². The number of nitrogens with one attached hydrogen (secondary N) is 2. The molecule has 0 aliphatic carbocycles. The third-order valence-corrected chi connectivity index (χ3v) is 9.65. The van der Waals surface area contributed by atoms with Crippen molar-refractivity contribution in [1.29, 1.82) is 0 Å². The van der Waals surface area contributed by atoms with Gasteiger partial charge in [-0.15, -0.1) is 4.72 Å². The Morgan fingerprint density at radius 1 is 1.08 bits per heavy atom. The fourth-order valence-corrected chi connectivity index (χ4v) is 5.83. The first-order valence-electron chi connectivity index (χ1n) is 15.0. The number of hydrogen-bond acceptors (Lipinski definition) is 10.